The van der Waals surface area contributed by atoms with E-state index >= 15 is 0 Å². The van der Waals surface area contributed by atoms with E-state index < -0.39 is 22.5 Å². The number of amides is 2. The van der Waals surface area contributed by atoms with E-state index in [-0.39, 0.29) is 10.8 Å². The normalized spacial score (nSPS) is 13.3. The lowest BCUT2D eigenvalue weighted by molar-refractivity contribution is -0.115. The number of hydrogen-bond donors (Lipinski definition) is 3. The molecule has 0 aliphatic carbocycles. The Hall–Kier alpha value is -3.11. The quantitative estimate of drug-likeness (QED) is 0.645. The van der Waals surface area contributed by atoms with Crippen molar-refractivity contribution in [1.29, 1.82) is 0 Å². The highest BCUT2D eigenvalue weighted by atomic mass is 32.2. The first-order valence-corrected chi connectivity index (χ1v) is 10.4. The third-order valence-electron chi connectivity index (χ3n) is 4.11. The molecular weight excluding hydrogens is 398 g/mol. The molecule has 10 heteroatoms. The number of anilines is 1. The molecule has 2 aromatic rings. The SMILES string of the molecule is CNC(=O)c1ccc(NC(=O)CNS(=O)(=O)c2ccc3c(c2)OCCCO3)cc1. The van der Waals surface area contributed by atoms with E-state index in [2.05, 4.69) is 15.4 Å². The maximum atomic E-state index is 12.5. The molecule has 2 aromatic carbocycles. The molecule has 0 saturated carbocycles. The smallest absolute Gasteiger partial charge is 0.251 e. The molecule has 0 bridgehead atoms. The third-order valence-corrected chi connectivity index (χ3v) is 5.51. The van der Waals surface area contributed by atoms with Gasteiger partial charge in [-0.1, -0.05) is 0 Å². The predicted octanol–water partition coefficient (Wildman–Crippen LogP) is 1.12. The van der Waals surface area contributed by atoms with Gasteiger partial charge in [0.05, 0.1) is 24.7 Å². The highest BCUT2D eigenvalue weighted by Crippen LogP contribution is 2.31. The second-order valence-electron chi connectivity index (χ2n) is 6.19. The van der Waals surface area contributed by atoms with Crippen LogP contribution in [0.5, 0.6) is 11.5 Å². The van der Waals surface area contributed by atoms with Gasteiger partial charge < -0.3 is 20.1 Å². The van der Waals surface area contributed by atoms with E-state index in [1.54, 1.807) is 24.3 Å². The van der Waals surface area contributed by atoms with E-state index in [0.717, 1.165) is 0 Å². The second kappa shape index (κ2) is 8.93. The van der Waals surface area contributed by atoms with Crippen molar-refractivity contribution in [2.24, 2.45) is 0 Å². The van der Waals surface area contributed by atoms with Crippen molar-refractivity contribution in [2.45, 2.75) is 11.3 Å². The minimum Gasteiger partial charge on any atom is -0.490 e. The van der Waals surface area contributed by atoms with Crippen LogP contribution in [0.1, 0.15) is 16.8 Å². The highest BCUT2D eigenvalue weighted by molar-refractivity contribution is 7.89. The van der Waals surface area contributed by atoms with Crippen LogP contribution in [-0.2, 0) is 14.8 Å². The lowest BCUT2D eigenvalue weighted by atomic mass is 10.2. The Morgan fingerprint density at radius 1 is 1.00 bits per heavy atom. The first kappa shape index (κ1) is 20.6. The molecule has 0 saturated heterocycles. The maximum Gasteiger partial charge on any atom is 0.251 e. The molecule has 1 heterocycles. The van der Waals surface area contributed by atoms with Crippen molar-refractivity contribution in [3.63, 3.8) is 0 Å². The van der Waals surface area contributed by atoms with Crippen molar-refractivity contribution >= 4 is 27.5 Å². The molecule has 0 atom stereocenters. The molecule has 0 unspecified atom stereocenters. The van der Waals surface area contributed by atoms with E-state index in [0.29, 0.717) is 42.4 Å². The summed E-state index contributed by atoms with van der Waals surface area (Å²) in [6.45, 7) is 0.487. The topological polar surface area (TPSA) is 123 Å². The lowest BCUT2D eigenvalue weighted by Crippen LogP contribution is -2.32. The van der Waals surface area contributed by atoms with Crippen LogP contribution in [0.25, 0.3) is 0 Å². The van der Waals surface area contributed by atoms with E-state index in [4.69, 9.17) is 9.47 Å². The number of rotatable bonds is 6. The van der Waals surface area contributed by atoms with E-state index in [9.17, 15) is 18.0 Å². The zero-order chi connectivity index (χ0) is 20.9. The number of sulfonamides is 1. The van der Waals surface area contributed by atoms with Crippen molar-refractivity contribution in [3.05, 3.63) is 48.0 Å². The summed E-state index contributed by atoms with van der Waals surface area (Å²) >= 11 is 0. The summed E-state index contributed by atoms with van der Waals surface area (Å²) in [6.07, 6.45) is 0.708. The summed E-state index contributed by atoms with van der Waals surface area (Å²) in [5, 5.41) is 5.06. The van der Waals surface area contributed by atoms with Crippen LogP contribution in [0.2, 0.25) is 0 Å². The molecule has 29 heavy (non-hydrogen) atoms. The summed E-state index contributed by atoms with van der Waals surface area (Å²) < 4.78 is 38.2. The van der Waals surface area contributed by atoms with E-state index in [1.807, 2.05) is 0 Å². The molecule has 3 N–H and O–H groups in total. The van der Waals surface area contributed by atoms with Gasteiger partial charge in [-0.05, 0) is 36.4 Å². The molecule has 2 amide bonds. The van der Waals surface area contributed by atoms with Crippen molar-refractivity contribution in [2.75, 3.05) is 32.1 Å². The van der Waals surface area contributed by atoms with Crippen molar-refractivity contribution in [1.82, 2.24) is 10.0 Å². The maximum absolute atomic E-state index is 12.5. The summed E-state index contributed by atoms with van der Waals surface area (Å²) in [6, 6.07) is 10.5. The number of fused-ring (bicyclic) bond motifs is 1. The van der Waals surface area contributed by atoms with Crippen LogP contribution in [0.3, 0.4) is 0 Å². The minimum absolute atomic E-state index is 0.0236. The standard InChI is InChI=1S/C19H21N3O6S/c1-20-19(24)13-3-5-14(6-4-13)22-18(23)12-21-29(25,26)15-7-8-16-17(11-15)28-10-2-9-27-16/h3-8,11,21H,2,9-10,12H2,1H3,(H,20,24)(H,22,23). The van der Waals surface area contributed by atoms with Gasteiger partial charge in [-0.3, -0.25) is 9.59 Å². The average molecular weight is 419 g/mol. The Morgan fingerprint density at radius 3 is 2.38 bits per heavy atom. The molecule has 1 aliphatic heterocycles. The first-order valence-electron chi connectivity index (χ1n) is 8.90. The van der Waals surface area contributed by atoms with Gasteiger partial charge in [0.15, 0.2) is 11.5 Å². The molecule has 0 radical (unpaired) electrons. The Kier molecular flexibility index (Phi) is 6.35. The zero-order valence-electron chi connectivity index (χ0n) is 15.7. The summed E-state index contributed by atoms with van der Waals surface area (Å²) in [7, 11) is -2.39. The van der Waals surface area contributed by atoms with Crippen LogP contribution < -0.4 is 24.8 Å². The number of nitrogens with one attached hydrogen (secondary N) is 3. The Bertz CT molecular complexity index is 1010. The molecular formula is C19H21N3O6S. The summed E-state index contributed by atoms with van der Waals surface area (Å²) in [5.74, 6) is 0.0480. The number of carbonyl (C=O) groups is 2. The van der Waals surface area contributed by atoms with Gasteiger partial charge in [0.2, 0.25) is 15.9 Å². The number of benzene rings is 2. The van der Waals surface area contributed by atoms with E-state index in [1.165, 1.54) is 25.2 Å². The van der Waals surface area contributed by atoms with Crippen LogP contribution in [0, 0.1) is 0 Å². The van der Waals surface area contributed by atoms with Gasteiger partial charge in [0.1, 0.15) is 0 Å². The minimum atomic E-state index is -3.91. The lowest BCUT2D eigenvalue weighted by Gasteiger charge is -2.11. The van der Waals surface area contributed by atoms with Gasteiger partial charge in [0, 0.05) is 30.8 Å². The molecule has 9 nitrogen and oxygen atoms in total. The highest BCUT2D eigenvalue weighted by Gasteiger charge is 2.19. The third kappa shape index (κ3) is 5.24. The fraction of sp³-hybridized carbons (Fsp3) is 0.263. The summed E-state index contributed by atoms with van der Waals surface area (Å²) in [4.78, 5) is 23.6. The van der Waals surface area contributed by atoms with Crippen LogP contribution >= 0.6 is 0 Å². The van der Waals surface area contributed by atoms with Crippen LogP contribution in [0.15, 0.2) is 47.4 Å². The summed E-state index contributed by atoms with van der Waals surface area (Å²) in [5.41, 5.74) is 0.887. The van der Waals surface area contributed by atoms with Gasteiger partial charge in [-0.25, -0.2) is 13.1 Å². The number of carbonyl (C=O) groups excluding carboxylic acids is 2. The van der Waals surface area contributed by atoms with Crippen LogP contribution in [0.4, 0.5) is 5.69 Å². The molecule has 0 spiro atoms. The predicted molar refractivity (Wildman–Crippen MR) is 106 cm³/mol. The fourth-order valence-electron chi connectivity index (χ4n) is 2.61. The zero-order valence-corrected chi connectivity index (χ0v) is 16.5. The Morgan fingerprint density at radius 2 is 1.69 bits per heavy atom. The molecule has 0 fully saturated rings. The largest absolute Gasteiger partial charge is 0.490 e. The van der Waals surface area contributed by atoms with Gasteiger partial charge >= 0.3 is 0 Å². The Labute approximate surface area is 168 Å². The molecule has 0 aromatic heterocycles. The molecule has 3 rings (SSSR count). The monoisotopic (exact) mass is 419 g/mol. The van der Waals surface area contributed by atoms with Crippen molar-refractivity contribution in [3.8, 4) is 11.5 Å². The fourth-order valence-corrected chi connectivity index (χ4v) is 3.61. The van der Waals surface area contributed by atoms with Crippen LogP contribution in [-0.4, -0.2) is 47.0 Å². The van der Waals surface area contributed by atoms with Gasteiger partial charge in [-0.15, -0.1) is 0 Å². The second-order valence-corrected chi connectivity index (χ2v) is 7.96. The first-order chi connectivity index (χ1) is 13.9. The average Bonchev–Trinajstić information content (AvgIpc) is 2.97. The Balaban J connectivity index is 1.60. The van der Waals surface area contributed by atoms with Gasteiger partial charge in [-0.2, -0.15) is 0 Å². The number of hydrogen-bond acceptors (Lipinski definition) is 6. The molecule has 154 valence electrons. The molecule has 1 aliphatic rings. The van der Waals surface area contributed by atoms with Gasteiger partial charge in [0.25, 0.3) is 5.91 Å². The van der Waals surface area contributed by atoms with Crippen molar-refractivity contribution < 1.29 is 27.5 Å². The number of ether oxygens (including phenoxy) is 2.